The maximum absolute atomic E-state index is 12.9. The number of carbonyl (C=O) groups excluding carboxylic acids is 3. The van der Waals surface area contributed by atoms with Crippen molar-refractivity contribution in [2.45, 2.75) is 35.1 Å². The number of carbonyl (C=O) groups is 3. The molecule has 8 nitrogen and oxygen atoms in total. The van der Waals surface area contributed by atoms with Crippen LogP contribution in [0.2, 0.25) is 0 Å². The predicted molar refractivity (Wildman–Crippen MR) is 103 cm³/mol. The molecule has 2 saturated heterocycles. The number of hydrogen-bond acceptors (Lipinski definition) is 7. The number of fused-ring (bicyclic) bond motifs is 3. The molecule has 0 aliphatic carbocycles. The average molecular weight is 425 g/mol. The number of sulfone groups is 1. The zero-order valence-electron chi connectivity index (χ0n) is 15.3. The third-order valence-electron chi connectivity index (χ3n) is 5.47. The molecule has 3 aliphatic rings. The summed E-state index contributed by atoms with van der Waals surface area (Å²) in [4.78, 5) is 40.2. The molecule has 150 valence electrons. The number of hydrogen-bond donors (Lipinski definition) is 0. The summed E-state index contributed by atoms with van der Waals surface area (Å²) in [6, 6.07) is 6.89. The first-order valence-corrected chi connectivity index (χ1v) is 11.6. The van der Waals surface area contributed by atoms with Crippen LogP contribution in [0.1, 0.15) is 19.3 Å². The molecular weight excluding hydrogens is 404 g/mol. The number of esters is 1. The largest absolute Gasteiger partial charge is 0.453 e. The zero-order valence-corrected chi connectivity index (χ0v) is 16.9. The summed E-state index contributed by atoms with van der Waals surface area (Å²) >= 11 is 1.28. The molecule has 0 spiro atoms. The average Bonchev–Trinajstić information content (AvgIpc) is 3.30. The Bertz CT molecular complexity index is 963. The second-order valence-corrected chi connectivity index (χ2v) is 10.8. The summed E-state index contributed by atoms with van der Waals surface area (Å²) in [5, 5.41) is 0. The normalized spacial score (nSPS) is 27.4. The van der Waals surface area contributed by atoms with Gasteiger partial charge >= 0.3 is 5.97 Å². The van der Waals surface area contributed by atoms with Crippen LogP contribution in [-0.4, -0.2) is 67.2 Å². The van der Waals surface area contributed by atoms with Crippen LogP contribution in [0.5, 0.6) is 0 Å². The molecule has 3 heterocycles. The molecule has 1 aromatic carbocycles. The van der Waals surface area contributed by atoms with Crippen molar-refractivity contribution in [3.63, 3.8) is 0 Å². The van der Waals surface area contributed by atoms with Gasteiger partial charge in [-0.15, -0.1) is 0 Å². The van der Waals surface area contributed by atoms with Gasteiger partial charge < -0.3 is 9.64 Å². The molecule has 0 aromatic heterocycles. The highest BCUT2D eigenvalue weighted by molar-refractivity contribution is 8.02. The van der Waals surface area contributed by atoms with Crippen molar-refractivity contribution in [3.8, 4) is 0 Å². The Morgan fingerprint density at radius 2 is 2.11 bits per heavy atom. The van der Waals surface area contributed by atoms with E-state index in [0.717, 1.165) is 4.90 Å². The molecule has 4 rings (SSSR count). The number of nitrogens with zero attached hydrogens (tertiary/aromatic N) is 2. The summed E-state index contributed by atoms with van der Waals surface area (Å²) < 4.78 is 28.5. The molecule has 3 aliphatic heterocycles. The van der Waals surface area contributed by atoms with Crippen LogP contribution in [0.3, 0.4) is 0 Å². The second kappa shape index (κ2) is 6.77. The van der Waals surface area contributed by atoms with Gasteiger partial charge in [0.1, 0.15) is 0 Å². The summed E-state index contributed by atoms with van der Waals surface area (Å²) in [5.74, 6) is -1.23. The fourth-order valence-corrected chi connectivity index (χ4v) is 7.08. The molecule has 10 heteroatoms. The van der Waals surface area contributed by atoms with Crippen molar-refractivity contribution in [1.82, 2.24) is 4.90 Å². The number of amides is 2. The Kier molecular flexibility index (Phi) is 4.65. The molecule has 2 atom stereocenters. The van der Waals surface area contributed by atoms with Crippen molar-refractivity contribution in [3.05, 3.63) is 24.3 Å². The number of ether oxygens (including phenoxy) is 1. The van der Waals surface area contributed by atoms with Crippen molar-refractivity contribution in [1.29, 1.82) is 0 Å². The SMILES string of the molecule is CN(C(=O)COC(=O)C12CCC(=O)N1c1ccccc1S2)C1CCS(=O)(=O)C1. The van der Waals surface area contributed by atoms with Gasteiger partial charge in [-0.05, 0) is 18.6 Å². The molecular formula is C18H20N2O6S2. The van der Waals surface area contributed by atoms with Crippen LogP contribution in [0, 0.1) is 0 Å². The van der Waals surface area contributed by atoms with Crippen molar-refractivity contribution < 1.29 is 27.5 Å². The highest BCUT2D eigenvalue weighted by atomic mass is 32.2. The van der Waals surface area contributed by atoms with Crippen LogP contribution in [-0.2, 0) is 29.0 Å². The van der Waals surface area contributed by atoms with E-state index in [1.54, 1.807) is 12.1 Å². The minimum absolute atomic E-state index is 0.0597. The fraction of sp³-hybridized carbons (Fsp3) is 0.500. The minimum Gasteiger partial charge on any atom is -0.453 e. The Balaban J connectivity index is 1.44. The van der Waals surface area contributed by atoms with E-state index in [2.05, 4.69) is 0 Å². The van der Waals surface area contributed by atoms with Crippen molar-refractivity contribution in [2.24, 2.45) is 0 Å². The lowest BCUT2D eigenvalue weighted by atomic mass is 10.2. The Morgan fingerprint density at radius 1 is 1.36 bits per heavy atom. The Hall–Kier alpha value is -2.07. The molecule has 0 bridgehead atoms. The summed E-state index contributed by atoms with van der Waals surface area (Å²) in [5.41, 5.74) is 0.687. The van der Waals surface area contributed by atoms with E-state index in [4.69, 9.17) is 4.74 Å². The topological polar surface area (TPSA) is 101 Å². The second-order valence-electron chi connectivity index (χ2n) is 7.22. The van der Waals surface area contributed by atoms with Crippen LogP contribution < -0.4 is 4.90 Å². The van der Waals surface area contributed by atoms with E-state index < -0.39 is 39.2 Å². The van der Waals surface area contributed by atoms with E-state index in [-0.39, 0.29) is 23.8 Å². The van der Waals surface area contributed by atoms with Crippen molar-refractivity contribution in [2.75, 3.05) is 30.1 Å². The van der Waals surface area contributed by atoms with Gasteiger partial charge in [0.2, 0.25) is 5.91 Å². The number of benzene rings is 1. The number of likely N-dealkylation sites (N-methyl/N-ethyl adjacent to an activating group) is 1. The number of thioether (sulfide) groups is 1. The van der Waals surface area contributed by atoms with Gasteiger partial charge in [0, 0.05) is 30.8 Å². The molecule has 2 fully saturated rings. The van der Waals surface area contributed by atoms with Gasteiger partial charge in [0.05, 0.1) is 17.2 Å². The lowest BCUT2D eigenvalue weighted by Crippen LogP contribution is -2.49. The Morgan fingerprint density at radius 3 is 2.82 bits per heavy atom. The number of rotatable bonds is 4. The van der Waals surface area contributed by atoms with Gasteiger partial charge in [-0.1, -0.05) is 23.9 Å². The first-order chi connectivity index (χ1) is 13.2. The molecule has 0 N–H and O–H groups in total. The standard InChI is InChI=1S/C18H20N2O6S2/c1-19(12-7-9-28(24,25)11-12)16(22)10-26-17(23)18-8-6-15(21)20(18)13-4-2-3-5-14(13)27-18/h2-5,12H,6-11H2,1H3. The molecule has 1 aromatic rings. The fourth-order valence-electron chi connectivity index (χ4n) is 3.90. The zero-order chi connectivity index (χ0) is 20.1. The summed E-state index contributed by atoms with van der Waals surface area (Å²) in [6.07, 6.45) is 0.940. The molecule has 0 saturated carbocycles. The molecule has 0 radical (unpaired) electrons. The maximum Gasteiger partial charge on any atom is 0.344 e. The predicted octanol–water partition coefficient (Wildman–Crippen LogP) is 0.804. The van der Waals surface area contributed by atoms with Gasteiger partial charge in [0.15, 0.2) is 21.3 Å². The lowest BCUT2D eigenvalue weighted by molar-refractivity contribution is -0.154. The molecule has 28 heavy (non-hydrogen) atoms. The third-order valence-corrected chi connectivity index (χ3v) is 8.68. The highest BCUT2D eigenvalue weighted by Crippen LogP contribution is 2.56. The van der Waals surface area contributed by atoms with Gasteiger partial charge in [0.25, 0.3) is 5.91 Å². The van der Waals surface area contributed by atoms with E-state index in [1.165, 1.54) is 28.6 Å². The van der Waals surface area contributed by atoms with E-state index >= 15 is 0 Å². The van der Waals surface area contributed by atoms with Crippen LogP contribution in [0.25, 0.3) is 0 Å². The Labute approximate surface area is 167 Å². The van der Waals surface area contributed by atoms with Crippen LogP contribution >= 0.6 is 11.8 Å². The summed E-state index contributed by atoms with van der Waals surface area (Å²) in [7, 11) is -1.60. The summed E-state index contributed by atoms with van der Waals surface area (Å²) in [6.45, 7) is -0.480. The number of para-hydroxylation sites is 1. The third kappa shape index (κ3) is 3.08. The minimum atomic E-state index is -3.12. The smallest absolute Gasteiger partial charge is 0.344 e. The maximum atomic E-state index is 12.9. The first-order valence-electron chi connectivity index (χ1n) is 8.98. The van der Waals surface area contributed by atoms with Crippen molar-refractivity contribution >= 4 is 45.1 Å². The van der Waals surface area contributed by atoms with E-state index in [0.29, 0.717) is 18.5 Å². The highest BCUT2D eigenvalue weighted by Gasteiger charge is 2.58. The molecule has 2 unspecified atom stereocenters. The van der Waals surface area contributed by atoms with Gasteiger partial charge in [-0.3, -0.25) is 14.5 Å². The van der Waals surface area contributed by atoms with Crippen LogP contribution in [0.15, 0.2) is 29.2 Å². The van der Waals surface area contributed by atoms with Crippen LogP contribution in [0.4, 0.5) is 5.69 Å². The monoisotopic (exact) mass is 424 g/mol. The first kappa shape index (κ1) is 19.3. The molecule has 2 amide bonds. The number of anilines is 1. The lowest BCUT2D eigenvalue weighted by Gasteiger charge is -2.29. The van der Waals surface area contributed by atoms with Gasteiger partial charge in [-0.2, -0.15) is 0 Å². The van der Waals surface area contributed by atoms with Gasteiger partial charge in [-0.25, -0.2) is 13.2 Å². The van der Waals surface area contributed by atoms with E-state index in [1.807, 2.05) is 12.1 Å². The quantitative estimate of drug-likeness (QED) is 0.659. The van der Waals surface area contributed by atoms with E-state index in [9.17, 15) is 22.8 Å².